The van der Waals surface area contributed by atoms with Crippen LogP contribution < -0.4 is 4.90 Å². The molecule has 5 nitrogen and oxygen atoms in total. The van der Waals surface area contributed by atoms with Gasteiger partial charge in [0.25, 0.3) is 0 Å². The highest BCUT2D eigenvalue weighted by Crippen LogP contribution is 2.31. The highest BCUT2D eigenvalue weighted by Gasteiger charge is 2.39. The zero-order valence-electron chi connectivity index (χ0n) is 13.2. The zero-order chi connectivity index (χ0) is 15.0. The van der Waals surface area contributed by atoms with Gasteiger partial charge in [-0.3, -0.25) is 4.79 Å². The van der Waals surface area contributed by atoms with E-state index < -0.39 is 0 Å². The molecule has 4 heterocycles. The van der Waals surface area contributed by atoms with Gasteiger partial charge in [0.15, 0.2) is 0 Å². The highest BCUT2D eigenvalue weighted by molar-refractivity contribution is 5.81. The van der Waals surface area contributed by atoms with Crippen LogP contribution in [-0.2, 0) is 11.2 Å². The molecule has 0 spiro atoms. The van der Waals surface area contributed by atoms with Crippen LogP contribution in [0.5, 0.6) is 0 Å². The van der Waals surface area contributed by atoms with E-state index in [1.807, 2.05) is 25.1 Å². The average Bonchev–Trinajstić information content (AvgIpc) is 2.75. The maximum Gasteiger partial charge on any atom is 0.227 e. The molecular weight excluding hydrogens is 264 g/mol. The minimum atomic E-state index is 0.124. The smallest absolute Gasteiger partial charge is 0.227 e. The summed E-state index contributed by atoms with van der Waals surface area (Å²) in [6.45, 7) is 5.80. The van der Waals surface area contributed by atoms with Crippen LogP contribution in [0.1, 0.15) is 37.6 Å². The molecule has 114 valence electrons. The van der Waals surface area contributed by atoms with Crippen molar-refractivity contribution in [2.75, 3.05) is 25.0 Å². The lowest BCUT2D eigenvalue weighted by Crippen LogP contribution is -2.45. The largest absolute Gasteiger partial charge is 0.353 e. The number of aryl methyl sites for hydroxylation is 2. The monoisotopic (exact) mass is 288 g/mol. The molecule has 1 aromatic heterocycles. The van der Waals surface area contributed by atoms with Crippen LogP contribution >= 0.6 is 0 Å². The van der Waals surface area contributed by atoms with Crippen molar-refractivity contribution < 1.29 is 4.79 Å². The first-order chi connectivity index (χ1) is 10.1. The molecule has 3 saturated heterocycles. The first-order valence-corrected chi connectivity index (χ1v) is 7.94. The summed E-state index contributed by atoms with van der Waals surface area (Å²) in [6.07, 6.45) is 6.15. The molecule has 2 bridgehead atoms. The number of piperidine rings is 1. The Balaban J connectivity index is 1.94. The fourth-order valence-corrected chi connectivity index (χ4v) is 3.53. The lowest BCUT2D eigenvalue weighted by atomic mass is 9.95. The molecule has 0 aromatic carbocycles. The van der Waals surface area contributed by atoms with Crippen molar-refractivity contribution in [3.8, 4) is 0 Å². The maximum absolute atomic E-state index is 12.3. The fourth-order valence-electron chi connectivity index (χ4n) is 3.53. The van der Waals surface area contributed by atoms with Gasteiger partial charge in [0.1, 0.15) is 11.6 Å². The van der Waals surface area contributed by atoms with E-state index >= 15 is 0 Å². The Kier molecular flexibility index (Phi) is 3.83. The molecule has 21 heavy (non-hydrogen) atoms. The predicted octanol–water partition coefficient (Wildman–Crippen LogP) is 1.79. The molecule has 0 N–H and O–H groups in total. The topological polar surface area (TPSA) is 49.3 Å². The number of fused-ring (bicyclic) bond motifs is 4. The zero-order valence-corrected chi connectivity index (χ0v) is 13.2. The summed E-state index contributed by atoms with van der Waals surface area (Å²) in [5.74, 6) is 2.28. The maximum atomic E-state index is 12.3. The van der Waals surface area contributed by atoms with Crippen molar-refractivity contribution in [2.24, 2.45) is 5.92 Å². The van der Waals surface area contributed by atoms with Crippen molar-refractivity contribution in [1.82, 2.24) is 14.9 Å². The predicted molar refractivity (Wildman–Crippen MR) is 82.3 cm³/mol. The summed E-state index contributed by atoms with van der Waals surface area (Å²) in [5, 5.41) is 0. The minimum absolute atomic E-state index is 0.124. The van der Waals surface area contributed by atoms with Crippen LogP contribution in [0.2, 0.25) is 0 Å². The number of carbonyl (C=O) groups is 1. The normalized spacial score (nSPS) is 25.4. The van der Waals surface area contributed by atoms with E-state index in [0.717, 1.165) is 50.4 Å². The van der Waals surface area contributed by atoms with Crippen LogP contribution in [-0.4, -0.2) is 47.0 Å². The lowest BCUT2D eigenvalue weighted by molar-refractivity contribution is -0.138. The summed E-state index contributed by atoms with van der Waals surface area (Å²) >= 11 is 0. The molecule has 0 unspecified atom stereocenters. The van der Waals surface area contributed by atoms with E-state index in [1.165, 1.54) is 5.56 Å². The van der Waals surface area contributed by atoms with Crippen LogP contribution in [0.3, 0.4) is 0 Å². The molecule has 1 aromatic rings. The first kappa shape index (κ1) is 14.3. The molecule has 3 aliphatic heterocycles. The molecule has 3 fully saturated rings. The third-order valence-electron chi connectivity index (χ3n) is 4.75. The van der Waals surface area contributed by atoms with Crippen molar-refractivity contribution in [1.29, 1.82) is 0 Å². The number of amides is 1. The van der Waals surface area contributed by atoms with E-state index in [-0.39, 0.29) is 5.92 Å². The summed E-state index contributed by atoms with van der Waals surface area (Å²) < 4.78 is 0. The number of carbonyl (C=O) groups excluding carboxylic acids is 1. The SMILES string of the molecule is CCCc1cnc(C)nc1N1C[C@H]2CC[C@@H](C1)N(C)C2=O. The first-order valence-electron chi connectivity index (χ1n) is 7.94. The molecule has 1 amide bonds. The number of likely N-dealkylation sites (N-methyl/N-ethyl adjacent to an activating group) is 1. The summed E-state index contributed by atoms with van der Waals surface area (Å²) in [5.41, 5.74) is 1.21. The van der Waals surface area contributed by atoms with Gasteiger partial charge in [-0.1, -0.05) is 13.3 Å². The summed E-state index contributed by atoms with van der Waals surface area (Å²) in [4.78, 5) is 25.6. The van der Waals surface area contributed by atoms with E-state index in [1.54, 1.807) is 0 Å². The van der Waals surface area contributed by atoms with Gasteiger partial charge in [-0.2, -0.15) is 0 Å². The van der Waals surface area contributed by atoms with E-state index in [4.69, 9.17) is 0 Å². The van der Waals surface area contributed by atoms with Gasteiger partial charge in [0.2, 0.25) is 5.91 Å². The third kappa shape index (κ3) is 2.61. The van der Waals surface area contributed by atoms with Gasteiger partial charge in [0, 0.05) is 37.9 Å². The summed E-state index contributed by atoms with van der Waals surface area (Å²) in [6, 6.07) is 0.320. The van der Waals surface area contributed by atoms with Crippen molar-refractivity contribution in [3.05, 3.63) is 17.6 Å². The Morgan fingerprint density at radius 1 is 1.33 bits per heavy atom. The molecule has 2 atom stereocenters. The molecular formula is C16H24N4O. The number of nitrogens with zero attached hydrogens (tertiary/aromatic N) is 4. The van der Waals surface area contributed by atoms with Gasteiger partial charge in [-0.15, -0.1) is 0 Å². The Hall–Kier alpha value is -1.65. The van der Waals surface area contributed by atoms with Crippen molar-refractivity contribution in [2.45, 2.75) is 45.6 Å². The number of hydrogen-bond donors (Lipinski definition) is 0. The van der Waals surface area contributed by atoms with Gasteiger partial charge in [-0.25, -0.2) is 9.97 Å². The lowest BCUT2D eigenvalue weighted by Gasteiger charge is -2.32. The Bertz CT molecular complexity index is 545. The average molecular weight is 288 g/mol. The van der Waals surface area contributed by atoms with Gasteiger partial charge < -0.3 is 9.80 Å². The molecule has 0 saturated carbocycles. The van der Waals surface area contributed by atoms with Crippen LogP contribution in [0, 0.1) is 12.8 Å². The van der Waals surface area contributed by atoms with Gasteiger partial charge in [-0.05, 0) is 26.2 Å². The summed E-state index contributed by atoms with van der Waals surface area (Å²) in [7, 11) is 1.95. The third-order valence-corrected chi connectivity index (χ3v) is 4.75. The Morgan fingerprint density at radius 2 is 2.14 bits per heavy atom. The van der Waals surface area contributed by atoms with Crippen LogP contribution in [0.4, 0.5) is 5.82 Å². The molecule has 3 aliphatic rings. The standard InChI is InChI=1S/C16H24N4O/c1-4-5-12-8-17-11(2)18-15(12)20-9-13-6-7-14(10-20)19(3)16(13)21/h8,13-14H,4-7,9-10H2,1-3H3/t13-,14+/m1/s1. The van der Waals surface area contributed by atoms with Gasteiger partial charge in [0.05, 0.1) is 5.92 Å². The second kappa shape index (κ2) is 5.62. The van der Waals surface area contributed by atoms with Crippen LogP contribution in [0.15, 0.2) is 6.20 Å². The second-order valence-corrected chi connectivity index (χ2v) is 6.30. The van der Waals surface area contributed by atoms with E-state index in [9.17, 15) is 4.79 Å². The molecule has 0 radical (unpaired) electrons. The number of aromatic nitrogens is 2. The van der Waals surface area contributed by atoms with Crippen LogP contribution in [0.25, 0.3) is 0 Å². The fraction of sp³-hybridized carbons (Fsp3) is 0.688. The van der Waals surface area contributed by atoms with Gasteiger partial charge >= 0.3 is 0 Å². The molecule has 5 heteroatoms. The van der Waals surface area contributed by atoms with Crippen molar-refractivity contribution >= 4 is 11.7 Å². The molecule has 0 aliphatic carbocycles. The second-order valence-electron chi connectivity index (χ2n) is 6.30. The number of anilines is 1. The highest BCUT2D eigenvalue weighted by atomic mass is 16.2. The van der Waals surface area contributed by atoms with Crippen molar-refractivity contribution in [3.63, 3.8) is 0 Å². The Morgan fingerprint density at radius 3 is 2.90 bits per heavy atom. The number of rotatable bonds is 3. The minimum Gasteiger partial charge on any atom is -0.353 e. The Labute approximate surface area is 126 Å². The van der Waals surface area contributed by atoms with E-state index in [0.29, 0.717) is 11.9 Å². The quantitative estimate of drug-likeness (QED) is 0.851. The van der Waals surface area contributed by atoms with E-state index in [2.05, 4.69) is 21.8 Å². The molecule has 4 rings (SSSR count). The number of hydrogen-bond acceptors (Lipinski definition) is 4.